The van der Waals surface area contributed by atoms with Crippen molar-refractivity contribution < 1.29 is 32.8 Å². The summed E-state index contributed by atoms with van der Waals surface area (Å²) in [5.74, 6) is -1.52. The summed E-state index contributed by atoms with van der Waals surface area (Å²) in [6, 6.07) is 4.40. The Hall–Kier alpha value is -2.39. The number of halogens is 1. The lowest BCUT2D eigenvalue weighted by atomic mass is 9.77. The smallest absolute Gasteiger partial charge is 0.465 e. The normalized spacial score (nSPS) is 18.0. The summed E-state index contributed by atoms with van der Waals surface area (Å²) < 4.78 is 37.0. The SMILES string of the molecule is COC(=O)c1cccc(C=C(CNC(=O)OC(C)(C)C)B2OC(C)(C)C(C)(C)O2)c1F. The van der Waals surface area contributed by atoms with Crippen LogP contribution in [0, 0.1) is 5.82 Å². The predicted octanol–water partition coefficient (Wildman–Crippen LogP) is 4.15. The van der Waals surface area contributed by atoms with Crippen LogP contribution in [-0.2, 0) is 18.8 Å². The van der Waals surface area contributed by atoms with Gasteiger partial charge in [-0.05, 0) is 60.0 Å². The first kappa shape index (κ1) is 24.9. The molecular weight excluding hydrogens is 404 g/mol. The van der Waals surface area contributed by atoms with Crippen LogP contribution in [0.15, 0.2) is 23.7 Å². The van der Waals surface area contributed by atoms with Crippen molar-refractivity contribution in [1.82, 2.24) is 5.32 Å². The molecule has 1 amide bonds. The van der Waals surface area contributed by atoms with Crippen LogP contribution in [0.3, 0.4) is 0 Å². The van der Waals surface area contributed by atoms with E-state index in [9.17, 15) is 14.0 Å². The number of carbonyl (C=O) groups excluding carboxylic acids is 2. The quantitative estimate of drug-likeness (QED) is 0.553. The van der Waals surface area contributed by atoms with Gasteiger partial charge in [0.15, 0.2) is 0 Å². The third-order valence-electron chi connectivity index (χ3n) is 5.17. The maximum absolute atomic E-state index is 14.9. The van der Waals surface area contributed by atoms with E-state index < -0.39 is 41.8 Å². The van der Waals surface area contributed by atoms with Gasteiger partial charge < -0.3 is 24.1 Å². The molecule has 2 rings (SSSR count). The number of hydrogen-bond acceptors (Lipinski definition) is 6. The van der Waals surface area contributed by atoms with Gasteiger partial charge in [-0.25, -0.2) is 14.0 Å². The molecule has 1 aliphatic rings. The van der Waals surface area contributed by atoms with Crippen molar-refractivity contribution in [1.29, 1.82) is 0 Å². The maximum Gasteiger partial charge on any atom is 0.492 e. The molecule has 1 heterocycles. The van der Waals surface area contributed by atoms with Crippen molar-refractivity contribution in [3.63, 3.8) is 0 Å². The molecule has 0 aliphatic carbocycles. The molecule has 1 N–H and O–H groups in total. The Bertz CT molecular complexity index is 859. The summed E-state index contributed by atoms with van der Waals surface area (Å²) in [6.07, 6.45) is 0.875. The van der Waals surface area contributed by atoms with Crippen molar-refractivity contribution in [3.05, 3.63) is 40.6 Å². The van der Waals surface area contributed by atoms with Gasteiger partial charge in [-0.1, -0.05) is 18.2 Å². The first-order chi connectivity index (χ1) is 14.2. The minimum absolute atomic E-state index is 0.00632. The molecule has 170 valence electrons. The number of amides is 1. The summed E-state index contributed by atoms with van der Waals surface area (Å²) in [4.78, 5) is 24.0. The second-order valence-corrected chi connectivity index (χ2v) is 9.36. The first-order valence-corrected chi connectivity index (χ1v) is 10.1. The average molecular weight is 435 g/mol. The predicted molar refractivity (Wildman–Crippen MR) is 116 cm³/mol. The number of benzene rings is 1. The highest BCUT2D eigenvalue weighted by Gasteiger charge is 2.52. The molecule has 0 saturated carbocycles. The summed E-state index contributed by atoms with van der Waals surface area (Å²) >= 11 is 0. The highest BCUT2D eigenvalue weighted by atomic mass is 19.1. The molecule has 0 radical (unpaired) electrons. The number of esters is 1. The van der Waals surface area contributed by atoms with E-state index >= 15 is 0 Å². The molecule has 0 unspecified atom stereocenters. The molecule has 9 heteroatoms. The third-order valence-corrected chi connectivity index (χ3v) is 5.17. The molecular formula is C22H31BFNO6. The van der Waals surface area contributed by atoms with Gasteiger partial charge in [0.05, 0.1) is 23.9 Å². The van der Waals surface area contributed by atoms with E-state index in [0.29, 0.717) is 5.47 Å². The lowest BCUT2D eigenvalue weighted by Gasteiger charge is -2.32. The van der Waals surface area contributed by atoms with Crippen LogP contribution in [0.5, 0.6) is 0 Å². The van der Waals surface area contributed by atoms with Gasteiger partial charge in [0.1, 0.15) is 11.4 Å². The van der Waals surface area contributed by atoms with E-state index in [1.165, 1.54) is 25.3 Å². The number of ether oxygens (including phenoxy) is 2. The van der Waals surface area contributed by atoms with E-state index in [1.54, 1.807) is 26.8 Å². The zero-order valence-electron chi connectivity index (χ0n) is 19.4. The lowest BCUT2D eigenvalue weighted by molar-refractivity contribution is 0.00578. The van der Waals surface area contributed by atoms with E-state index in [1.807, 2.05) is 27.7 Å². The Morgan fingerprint density at radius 2 is 1.74 bits per heavy atom. The topological polar surface area (TPSA) is 83.1 Å². The van der Waals surface area contributed by atoms with E-state index in [4.69, 9.17) is 14.0 Å². The van der Waals surface area contributed by atoms with Gasteiger partial charge in [0.2, 0.25) is 0 Å². The molecule has 0 spiro atoms. The highest BCUT2D eigenvalue weighted by Crippen LogP contribution is 2.39. The second kappa shape index (κ2) is 9.00. The van der Waals surface area contributed by atoms with Crippen molar-refractivity contribution >= 4 is 25.3 Å². The molecule has 1 saturated heterocycles. The van der Waals surface area contributed by atoms with Crippen molar-refractivity contribution in [3.8, 4) is 0 Å². The average Bonchev–Trinajstić information content (AvgIpc) is 2.85. The lowest BCUT2D eigenvalue weighted by Crippen LogP contribution is -2.41. The van der Waals surface area contributed by atoms with Gasteiger partial charge in [-0.15, -0.1) is 0 Å². The van der Waals surface area contributed by atoms with Gasteiger partial charge in [-0.2, -0.15) is 0 Å². The van der Waals surface area contributed by atoms with Crippen LogP contribution in [0.25, 0.3) is 6.08 Å². The number of nitrogens with one attached hydrogen (secondary N) is 1. The molecule has 31 heavy (non-hydrogen) atoms. The molecule has 7 nitrogen and oxygen atoms in total. The summed E-state index contributed by atoms with van der Waals surface area (Å²) in [7, 11) is 0.353. The first-order valence-electron chi connectivity index (χ1n) is 10.1. The van der Waals surface area contributed by atoms with Gasteiger partial charge in [-0.3, -0.25) is 0 Å². The van der Waals surface area contributed by atoms with Crippen LogP contribution < -0.4 is 5.32 Å². The standard InChI is InChI=1S/C22H31BFNO6/c1-20(2,3)29-19(27)25-13-15(23-30-21(4,5)22(6,7)31-23)12-14-10-9-11-16(17(14)24)18(26)28-8/h9-12H,13H2,1-8H3,(H,25,27). The second-order valence-electron chi connectivity index (χ2n) is 9.36. The Kier molecular flexibility index (Phi) is 7.23. The molecule has 0 aromatic heterocycles. The van der Waals surface area contributed by atoms with Gasteiger partial charge >= 0.3 is 19.2 Å². The van der Waals surface area contributed by atoms with E-state index in [2.05, 4.69) is 10.1 Å². The molecule has 1 aromatic rings. The molecule has 1 fully saturated rings. The number of hydrogen-bond donors (Lipinski definition) is 1. The zero-order valence-corrected chi connectivity index (χ0v) is 19.4. The third kappa shape index (κ3) is 6.07. The number of methoxy groups -OCH3 is 1. The Labute approximate surface area is 183 Å². The van der Waals surface area contributed by atoms with Gasteiger partial charge in [0.25, 0.3) is 0 Å². The van der Waals surface area contributed by atoms with Crippen LogP contribution in [0.2, 0.25) is 0 Å². The number of alkyl carbamates (subject to hydrolysis) is 1. The Morgan fingerprint density at radius 1 is 1.16 bits per heavy atom. The van der Waals surface area contributed by atoms with Crippen molar-refractivity contribution in [2.75, 3.05) is 13.7 Å². The van der Waals surface area contributed by atoms with Crippen molar-refractivity contribution in [2.45, 2.75) is 65.3 Å². The molecule has 0 atom stereocenters. The minimum Gasteiger partial charge on any atom is -0.465 e. The Morgan fingerprint density at radius 3 is 2.26 bits per heavy atom. The van der Waals surface area contributed by atoms with Crippen LogP contribution in [-0.4, -0.2) is 49.6 Å². The van der Waals surface area contributed by atoms with Crippen LogP contribution >= 0.6 is 0 Å². The van der Waals surface area contributed by atoms with E-state index in [-0.39, 0.29) is 17.7 Å². The fourth-order valence-electron chi connectivity index (χ4n) is 2.81. The van der Waals surface area contributed by atoms with Crippen LogP contribution in [0.1, 0.15) is 64.4 Å². The molecule has 0 bridgehead atoms. The monoisotopic (exact) mass is 435 g/mol. The van der Waals surface area contributed by atoms with E-state index in [0.717, 1.165) is 0 Å². The molecule has 1 aliphatic heterocycles. The Balaban J connectivity index is 2.39. The molecule has 1 aromatic carbocycles. The summed E-state index contributed by atoms with van der Waals surface area (Å²) in [5.41, 5.74) is -1.52. The maximum atomic E-state index is 14.9. The minimum atomic E-state index is -0.832. The van der Waals surface area contributed by atoms with Crippen molar-refractivity contribution in [2.24, 2.45) is 0 Å². The fourth-order valence-corrected chi connectivity index (χ4v) is 2.81. The number of carbonyl (C=O) groups is 2. The van der Waals surface area contributed by atoms with Crippen LogP contribution in [0.4, 0.5) is 9.18 Å². The fraction of sp³-hybridized carbons (Fsp3) is 0.545. The highest BCUT2D eigenvalue weighted by molar-refractivity contribution is 6.56. The number of rotatable bonds is 5. The largest absolute Gasteiger partial charge is 0.492 e. The van der Waals surface area contributed by atoms with Gasteiger partial charge in [0, 0.05) is 12.1 Å². The summed E-state index contributed by atoms with van der Waals surface area (Å²) in [6.45, 7) is 12.8. The summed E-state index contributed by atoms with van der Waals surface area (Å²) in [5, 5.41) is 2.66. The zero-order chi connectivity index (χ0) is 23.6.